The molecule has 24 heavy (non-hydrogen) atoms. The second-order valence-corrected chi connectivity index (χ2v) is 6.09. The van der Waals surface area contributed by atoms with E-state index in [1.54, 1.807) is 23.7 Å². The summed E-state index contributed by atoms with van der Waals surface area (Å²) >= 11 is 1.20. The number of hydrogen-bond acceptors (Lipinski definition) is 5. The van der Waals surface area contributed by atoms with Gasteiger partial charge in [-0.25, -0.2) is 9.78 Å². The number of amides is 1. The number of anilines is 1. The Kier molecular flexibility index (Phi) is 4.26. The zero-order chi connectivity index (χ0) is 17.3. The predicted molar refractivity (Wildman–Crippen MR) is 92.4 cm³/mol. The minimum atomic E-state index is -0.524. The number of carbonyl (C=O) groups excluding carboxylic acids is 1. The van der Waals surface area contributed by atoms with Crippen LogP contribution in [-0.4, -0.2) is 30.8 Å². The molecule has 3 aromatic rings. The number of carbonyl (C=O) groups is 1. The fraction of sp³-hybridized carbons (Fsp3) is 0.200. The summed E-state index contributed by atoms with van der Waals surface area (Å²) in [5, 5.41) is 3.26. The number of aromatic nitrogens is 4. The maximum Gasteiger partial charge on any atom is 0.329 e. The first-order valence-electron chi connectivity index (χ1n) is 7.11. The van der Waals surface area contributed by atoms with E-state index in [4.69, 9.17) is 0 Å². The third kappa shape index (κ3) is 2.98. The number of benzene rings is 1. The molecule has 0 unspecified atom stereocenters. The lowest BCUT2D eigenvalue weighted by Gasteiger charge is -2.04. The fourth-order valence-electron chi connectivity index (χ4n) is 2.27. The van der Waals surface area contributed by atoms with Crippen molar-refractivity contribution in [2.24, 2.45) is 14.1 Å². The smallest absolute Gasteiger partial charge is 0.325 e. The number of fused-ring (bicyclic) bond motifs is 1. The monoisotopic (exact) mass is 345 g/mol. The molecule has 2 heterocycles. The summed E-state index contributed by atoms with van der Waals surface area (Å²) in [5.41, 5.74) is 0.278. The van der Waals surface area contributed by atoms with Crippen LogP contribution in [0.3, 0.4) is 0 Å². The highest BCUT2D eigenvalue weighted by molar-refractivity contribution is 7.99. The van der Waals surface area contributed by atoms with Crippen molar-refractivity contribution in [2.75, 3.05) is 11.1 Å². The highest BCUT2D eigenvalue weighted by atomic mass is 32.2. The number of para-hydroxylation sites is 1. The Bertz CT molecular complexity index is 1020. The largest absolute Gasteiger partial charge is 0.329 e. The summed E-state index contributed by atoms with van der Waals surface area (Å²) in [6, 6.07) is 9.13. The first-order valence-corrected chi connectivity index (χ1v) is 8.09. The van der Waals surface area contributed by atoms with Gasteiger partial charge >= 0.3 is 5.69 Å². The maximum atomic E-state index is 12.0. The van der Waals surface area contributed by atoms with Crippen molar-refractivity contribution in [3.63, 3.8) is 0 Å². The van der Waals surface area contributed by atoms with Crippen molar-refractivity contribution in [3.8, 4) is 0 Å². The minimum absolute atomic E-state index is 0.137. The van der Waals surface area contributed by atoms with Gasteiger partial charge in [-0.15, -0.1) is 0 Å². The summed E-state index contributed by atoms with van der Waals surface area (Å²) < 4.78 is 2.85. The van der Waals surface area contributed by atoms with Crippen LogP contribution >= 0.6 is 11.8 Å². The van der Waals surface area contributed by atoms with Crippen LogP contribution in [0.5, 0.6) is 0 Å². The fourth-order valence-corrected chi connectivity index (χ4v) is 3.03. The van der Waals surface area contributed by atoms with Gasteiger partial charge in [0.2, 0.25) is 5.91 Å². The third-order valence-corrected chi connectivity index (χ3v) is 4.51. The molecule has 124 valence electrons. The standard InChI is InChI=1S/C15H15N5O3S/c1-19-11-12(20(2)14(23)18-13(11)22)17-15(19)24-8-10(21)16-9-6-4-3-5-7-9/h3-7H,8H2,1-2H3,(H,16,21)(H,18,22,23). The first kappa shape index (κ1) is 16.1. The molecule has 8 nitrogen and oxygen atoms in total. The van der Waals surface area contributed by atoms with Crippen molar-refractivity contribution in [1.29, 1.82) is 0 Å². The number of aromatic amines is 1. The van der Waals surface area contributed by atoms with Crippen LogP contribution in [0.1, 0.15) is 0 Å². The van der Waals surface area contributed by atoms with Gasteiger partial charge < -0.3 is 9.88 Å². The Balaban J connectivity index is 1.81. The van der Waals surface area contributed by atoms with E-state index in [0.29, 0.717) is 16.4 Å². The van der Waals surface area contributed by atoms with Gasteiger partial charge in [0.15, 0.2) is 16.3 Å². The van der Waals surface area contributed by atoms with E-state index in [1.807, 2.05) is 18.2 Å². The molecule has 0 saturated heterocycles. The molecule has 0 atom stereocenters. The SMILES string of the molecule is Cn1c(SCC(=O)Nc2ccccc2)nc2c1c(=O)[nH]c(=O)n2C. The number of nitrogens with zero attached hydrogens (tertiary/aromatic N) is 3. The summed E-state index contributed by atoms with van der Waals surface area (Å²) in [5.74, 6) is -0.0428. The molecule has 1 aromatic carbocycles. The van der Waals surface area contributed by atoms with Crippen LogP contribution in [-0.2, 0) is 18.9 Å². The van der Waals surface area contributed by atoms with Crippen molar-refractivity contribution in [3.05, 3.63) is 51.2 Å². The van der Waals surface area contributed by atoms with Gasteiger partial charge in [0.05, 0.1) is 5.75 Å². The molecule has 0 spiro atoms. The molecule has 0 radical (unpaired) electrons. The molecular weight excluding hydrogens is 330 g/mol. The topological polar surface area (TPSA) is 102 Å². The van der Waals surface area contributed by atoms with Crippen molar-refractivity contribution in [2.45, 2.75) is 5.16 Å². The number of hydrogen-bond donors (Lipinski definition) is 2. The molecule has 0 aliphatic carbocycles. The molecule has 2 aromatic heterocycles. The highest BCUT2D eigenvalue weighted by Gasteiger charge is 2.16. The molecular formula is C15H15N5O3S. The minimum Gasteiger partial charge on any atom is -0.325 e. The summed E-state index contributed by atoms with van der Waals surface area (Å²) in [7, 11) is 3.21. The molecule has 0 bridgehead atoms. The van der Waals surface area contributed by atoms with Crippen LogP contribution in [0, 0.1) is 0 Å². The number of H-pyrrole nitrogens is 1. The van der Waals surface area contributed by atoms with E-state index in [9.17, 15) is 14.4 Å². The molecule has 1 amide bonds. The average Bonchev–Trinajstić information content (AvgIpc) is 2.89. The number of aryl methyl sites for hydroxylation is 2. The van der Waals surface area contributed by atoms with E-state index in [1.165, 1.54) is 23.4 Å². The Morgan fingerprint density at radius 2 is 1.92 bits per heavy atom. The van der Waals surface area contributed by atoms with Crippen LogP contribution in [0.15, 0.2) is 45.1 Å². The quantitative estimate of drug-likeness (QED) is 0.678. The van der Waals surface area contributed by atoms with Crippen LogP contribution in [0.4, 0.5) is 5.69 Å². The van der Waals surface area contributed by atoms with Gasteiger partial charge in [-0.2, -0.15) is 0 Å². The second kappa shape index (κ2) is 6.36. The Morgan fingerprint density at radius 3 is 2.62 bits per heavy atom. The van der Waals surface area contributed by atoms with Crippen LogP contribution in [0.25, 0.3) is 11.2 Å². The van der Waals surface area contributed by atoms with Gasteiger partial charge in [0.25, 0.3) is 5.56 Å². The summed E-state index contributed by atoms with van der Waals surface area (Å²) in [4.78, 5) is 42.1. The zero-order valence-electron chi connectivity index (χ0n) is 13.1. The number of rotatable bonds is 4. The van der Waals surface area contributed by atoms with Crippen LogP contribution in [0.2, 0.25) is 0 Å². The van der Waals surface area contributed by atoms with E-state index < -0.39 is 11.2 Å². The van der Waals surface area contributed by atoms with E-state index >= 15 is 0 Å². The average molecular weight is 345 g/mol. The molecule has 0 aliphatic rings. The summed E-state index contributed by atoms with van der Waals surface area (Å²) in [6.07, 6.45) is 0. The van der Waals surface area contributed by atoms with E-state index in [-0.39, 0.29) is 17.3 Å². The lowest BCUT2D eigenvalue weighted by atomic mass is 10.3. The molecule has 3 rings (SSSR count). The summed E-state index contributed by atoms with van der Waals surface area (Å²) in [6.45, 7) is 0. The first-order chi connectivity index (χ1) is 11.5. The van der Waals surface area contributed by atoms with Crippen LogP contribution < -0.4 is 16.6 Å². The predicted octanol–water partition coefficient (Wildman–Crippen LogP) is 0.691. The molecule has 2 N–H and O–H groups in total. The molecule has 0 fully saturated rings. The normalized spacial score (nSPS) is 10.9. The van der Waals surface area contributed by atoms with Gasteiger partial charge in [-0.3, -0.25) is 19.1 Å². The Morgan fingerprint density at radius 1 is 1.21 bits per heavy atom. The Hall–Kier alpha value is -2.81. The number of imidazole rings is 1. The molecule has 9 heteroatoms. The van der Waals surface area contributed by atoms with E-state index in [0.717, 1.165) is 0 Å². The van der Waals surface area contributed by atoms with Crippen molar-refractivity contribution in [1.82, 2.24) is 19.1 Å². The lowest BCUT2D eigenvalue weighted by Crippen LogP contribution is -2.29. The van der Waals surface area contributed by atoms with Gasteiger partial charge in [-0.05, 0) is 12.1 Å². The Labute approximate surface area is 140 Å². The highest BCUT2D eigenvalue weighted by Crippen LogP contribution is 2.20. The maximum absolute atomic E-state index is 12.0. The van der Waals surface area contributed by atoms with Crippen molar-refractivity contribution < 1.29 is 4.79 Å². The molecule has 0 aliphatic heterocycles. The van der Waals surface area contributed by atoms with Gasteiger partial charge in [0, 0.05) is 19.8 Å². The van der Waals surface area contributed by atoms with Crippen molar-refractivity contribution >= 4 is 34.5 Å². The zero-order valence-corrected chi connectivity index (χ0v) is 13.9. The lowest BCUT2D eigenvalue weighted by molar-refractivity contribution is -0.113. The van der Waals surface area contributed by atoms with Gasteiger partial charge in [0.1, 0.15) is 0 Å². The van der Waals surface area contributed by atoms with Gasteiger partial charge in [-0.1, -0.05) is 30.0 Å². The third-order valence-electron chi connectivity index (χ3n) is 3.48. The number of thioether (sulfide) groups is 1. The molecule has 0 saturated carbocycles. The second-order valence-electron chi connectivity index (χ2n) is 5.15. The van der Waals surface area contributed by atoms with E-state index in [2.05, 4.69) is 15.3 Å². The number of nitrogens with one attached hydrogen (secondary N) is 2.